The minimum absolute atomic E-state index is 0.939. The van der Waals surface area contributed by atoms with E-state index in [0.29, 0.717) is 0 Å². The van der Waals surface area contributed by atoms with Gasteiger partial charge < -0.3 is 10.2 Å². The van der Waals surface area contributed by atoms with Gasteiger partial charge in [-0.25, -0.2) is 4.68 Å². The molecule has 2 heterocycles. The zero-order chi connectivity index (χ0) is 10.8. The van der Waals surface area contributed by atoms with Crippen molar-refractivity contribution in [3.63, 3.8) is 0 Å². The average Bonchev–Trinajstić information content (AvgIpc) is 2.46. The Bertz CT molecular complexity index is 343. The summed E-state index contributed by atoms with van der Waals surface area (Å²) in [6, 6.07) is 0. The highest BCUT2D eigenvalue weighted by Gasteiger charge is 2.21. The summed E-state index contributed by atoms with van der Waals surface area (Å²) in [5, 5.41) is 8.05. The molecule has 2 rings (SSSR count). The molecule has 0 aliphatic carbocycles. The summed E-state index contributed by atoms with van der Waals surface area (Å²) in [5.74, 6) is 1.27. The van der Waals surface area contributed by atoms with E-state index in [1.165, 1.54) is 17.9 Å². The number of hydrogen-bond donors (Lipinski definition) is 1. The van der Waals surface area contributed by atoms with Crippen LogP contribution in [-0.2, 0) is 6.54 Å². The van der Waals surface area contributed by atoms with Crippen molar-refractivity contribution >= 4 is 11.5 Å². The molecule has 0 unspecified atom stereocenters. The van der Waals surface area contributed by atoms with Gasteiger partial charge in [0.1, 0.15) is 5.69 Å². The summed E-state index contributed by atoms with van der Waals surface area (Å²) in [6.07, 6.45) is 1.20. The second kappa shape index (κ2) is 4.13. The molecule has 1 aromatic rings. The van der Waals surface area contributed by atoms with E-state index in [4.69, 9.17) is 0 Å². The van der Waals surface area contributed by atoms with Crippen LogP contribution in [0, 0.1) is 6.92 Å². The lowest BCUT2D eigenvalue weighted by atomic mass is 10.3. The predicted molar refractivity (Wildman–Crippen MR) is 63.6 cm³/mol. The highest BCUT2D eigenvalue weighted by atomic mass is 15.4. The van der Waals surface area contributed by atoms with Gasteiger partial charge in [0, 0.05) is 26.2 Å². The van der Waals surface area contributed by atoms with Gasteiger partial charge in [-0.3, -0.25) is 0 Å². The van der Waals surface area contributed by atoms with Crippen molar-refractivity contribution in [1.29, 1.82) is 0 Å². The predicted octanol–water partition coefficient (Wildman–Crippen LogP) is 1.85. The Kier molecular flexibility index (Phi) is 2.84. The van der Waals surface area contributed by atoms with Gasteiger partial charge >= 0.3 is 0 Å². The van der Waals surface area contributed by atoms with Crippen LogP contribution in [0.3, 0.4) is 0 Å². The quantitative estimate of drug-likeness (QED) is 0.805. The summed E-state index contributed by atoms with van der Waals surface area (Å²) in [6.45, 7) is 10.6. The molecular weight excluding hydrogens is 188 g/mol. The van der Waals surface area contributed by atoms with Crippen molar-refractivity contribution in [1.82, 2.24) is 9.78 Å². The van der Waals surface area contributed by atoms with Crippen LogP contribution in [0.25, 0.3) is 0 Å². The van der Waals surface area contributed by atoms with E-state index >= 15 is 0 Å². The number of nitrogens with one attached hydrogen (secondary N) is 1. The number of anilines is 2. The van der Waals surface area contributed by atoms with Crippen molar-refractivity contribution in [2.75, 3.05) is 29.9 Å². The molecule has 15 heavy (non-hydrogen) atoms. The lowest BCUT2D eigenvalue weighted by Gasteiger charge is -2.22. The second-order valence-corrected chi connectivity index (χ2v) is 3.96. The van der Waals surface area contributed by atoms with E-state index in [1.807, 2.05) is 0 Å². The Balaban J connectivity index is 2.47. The first kappa shape index (κ1) is 10.3. The lowest BCUT2D eigenvalue weighted by Crippen LogP contribution is -2.26. The van der Waals surface area contributed by atoms with Gasteiger partial charge in [-0.05, 0) is 27.2 Å². The average molecular weight is 208 g/mol. The third kappa shape index (κ3) is 1.68. The van der Waals surface area contributed by atoms with Gasteiger partial charge in [-0.2, -0.15) is 5.10 Å². The summed E-state index contributed by atoms with van der Waals surface area (Å²) >= 11 is 0. The number of hydrogen-bond acceptors (Lipinski definition) is 3. The number of nitrogens with zero attached hydrogens (tertiary/aromatic N) is 3. The van der Waals surface area contributed by atoms with Gasteiger partial charge in [-0.15, -0.1) is 0 Å². The molecule has 1 aliphatic rings. The summed E-state index contributed by atoms with van der Waals surface area (Å²) in [7, 11) is 0. The van der Waals surface area contributed by atoms with E-state index in [0.717, 1.165) is 31.9 Å². The standard InChI is InChI=1S/C11H20N4/c1-4-14-8-6-7-12-10-9(3)13-15(5-2)11(10)14/h12H,4-8H2,1-3H3. The largest absolute Gasteiger partial charge is 0.380 e. The number of fused-ring (bicyclic) bond motifs is 1. The van der Waals surface area contributed by atoms with Crippen molar-refractivity contribution in [3.05, 3.63) is 5.69 Å². The smallest absolute Gasteiger partial charge is 0.150 e. The van der Waals surface area contributed by atoms with Crippen LogP contribution in [0.1, 0.15) is 26.0 Å². The first-order chi connectivity index (χ1) is 7.27. The molecule has 1 N–H and O–H groups in total. The van der Waals surface area contributed by atoms with Gasteiger partial charge in [0.2, 0.25) is 0 Å². The van der Waals surface area contributed by atoms with Crippen LogP contribution < -0.4 is 10.2 Å². The Hall–Kier alpha value is -1.19. The fraction of sp³-hybridized carbons (Fsp3) is 0.727. The molecule has 0 atom stereocenters. The topological polar surface area (TPSA) is 33.1 Å². The van der Waals surface area contributed by atoms with E-state index in [1.54, 1.807) is 0 Å². The Morgan fingerprint density at radius 3 is 2.80 bits per heavy atom. The molecule has 0 fully saturated rings. The molecule has 0 aromatic carbocycles. The van der Waals surface area contributed by atoms with Crippen LogP contribution in [0.15, 0.2) is 0 Å². The zero-order valence-corrected chi connectivity index (χ0v) is 9.88. The number of rotatable bonds is 2. The van der Waals surface area contributed by atoms with Gasteiger partial charge in [0.15, 0.2) is 5.82 Å². The summed E-state index contributed by atoms with van der Waals surface area (Å²) < 4.78 is 2.10. The minimum Gasteiger partial charge on any atom is -0.380 e. The van der Waals surface area contributed by atoms with Crippen LogP contribution in [0.5, 0.6) is 0 Å². The summed E-state index contributed by atoms with van der Waals surface area (Å²) in [5.41, 5.74) is 2.35. The first-order valence-electron chi connectivity index (χ1n) is 5.84. The van der Waals surface area contributed by atoms with E-state index in [2.05, 4.69) is 40.8 Å². The fourth-order valence-electron chi connectivity index (χ4n) is 2.22. The molecule has 1 aliphatic heterocycles. The first-order valence-corrected chi connectivity index (χ1v) is 5.84. The third-order valence-electron chi connectivity index (χ3n) is 2.99. The maximum Gasteiger partial charge on any atom is 0.150 e. The van der Waals surface area contributed by atoms with Crippen LogP contribution in [0.4, 0.5) is 11.5 Å². The maximum atomic E-state index is 4.56. The molecule has 84 valence electrons. The molecule has 4 nitrogen and oxygen atoms in total. The molecule has 0 saturated carbocycles. The lowest BCUT2D eigenvalue weighted by molar-refractivity contribution is 0.630. The van der Waals surface area contributed by atoms with Crippen LogP contribution in [-0.4, -0.2) is 29.4 Å². The van der Waals surface area contributed by atoms with Crippen molar-refractivity contribution < 1.29 is 0 Å². The van der Waals surface area contributed by atoms with Gasteiger partial charge in [0.05, 0.1) is 5.69 Å². The zero-order valence-electron chi connectivity index (χ0n) is 9.88. The molecule has 0 bridgehead atoms. The highest BCUT2D eigenvalue weighted by molar-refractivity contribution is 5.70. The van der Waals surface area contributed by atoms with E-state index < -0.39 is 0 Å². The number of aryl methyl sites for hydroxylation is 2. The molecule has 0 radical (unpaired) electrons. The molecule has 0 saturated heterocycles. The molecular formula is C11H20N4. The highest BCUT2D eigenvalue weighted by Crippen LogP contribution is 2.31. The maximum absolute atomic E-state index is 4.56. The molecule has 0 amide bonds. The monoisotopic (exact) mass is 208 g/mol. The van der Waals surface area contributed by atoms with Crippen LogP contribution in [0.2, 0.25) is 0 Å². The van der Waals surface area contributed by atoms with E-state index in [-0.39, 0.29) is 0 Å². The molecule has 1 aromatic heterocycles. The van der Waals surface area contributed by atoms with Crippen LogP contribution >= 0.6 is 0 Å². The molecule has 0 spiro atoms. The van der Waals surface area contributed by atoms with Gasteiger partial charge in [0.25, 0.3) is 0 Å². The van der Waals surface area contributed by atoms with E-state index in [9.17, 15) is 0 Å². The molecule has 4 heteroatoms. The Morgan fingerprint density at radius 2 is 2.13 bits per heavy atom. The van der Waals surface area contributed by atoms with Crippen molar-refractivity contribution in [2.45, 2.75) is 33.7 Å². The second-order valence-electron chi connectivity index (χ2n) is 3.96. The Morgan fingerprint density at radius 1 is 1.33 bits per heavy atom. The normalized spacial score (nSPS) is 15.8. The third-order valence-corrected chi connectivity index (χ3v) is 2.99. The number of aromatic nitrogens is 2. The summed E-state index contributed by atoms with van der Waals surface area (Å²) in [4.78, 5) is 2.42. The fourth-order valence-corrected chi connectivity index (χ4v) is 2.22. The van der Waals surface area contributed by atoms with Crippen molar-refractivity contribution in [3.8, 4) is 0 Å². The Labute approximate surface area is 91.3 Å². The van der Waals surface area contributed by atoms with Crippen molar-refractivity contribution in [2.24, 2.45) is 0 Å². The minimum atomic E-state index is 0.939. The SMILES string of the molecule is CCN1CCCNc2c(C)nn(CC)c21. The van der Waals surface area contributed by atoms with Gasteiger partial charge in [-0.1, -0.05) is 0 Å².